The number of methoxy groups -OCH3 is 1. The molecule has 2 fully saturated rings. The van der Waals surface area contributed by atoms with Gasteiger partial charge in [0.25, 0.3) is 0 Å². The summed E-state index contributed by atoms with van der Waals surface area (Å²) < 4.78 is 5.41. The van der Waals surface area contributed by atoms with Gasteiger partial charge in [0, 0.05) is 39.8 Å². The maximum atomic E-state index is 12.4. The molecule has 2 atom stereocenters. The monoisotopic (exact) mass is 345 g/mol. The number of carbonyl (C=O) groups excluding carboxylic acids is 1. The summed E-state index contributed by atoms with van der Waals surface area (Å²) in [6.07, 6.45) is 4.68. The van der Waals surface area contributed by atoms with Gasteiger partial charge in [-0.3, -0.25) is 4.90 Å². The van der Waals surface area contributed by atoms with Crippen molar-refractivity contribution in [1.82, 2.24) is 15.1 Å². The maximum Gasteiger partial charge on any atom is 0.317 e. The molecule has 0 aliphatic carbocycles. The number of nitrogens with one attached hydrogen (secondary N) is 1. The molecule has 25 heavy (non-hydrogen) atoms. The van der Waals surface area contributed by atoms with Gasteiger partial charge in [0.05, 0.1) is 6.10 Å². The fourth-order valence-electron chi connectivity index (χ4n) is 3.96. The number of benzene rings is 1. The summed E-state index contributed by atoms with van der Waals surface area (Å²) in [4.78, 5) is 16.8. The van der Waals surface area contributed by atoms with Gasteiger partial charge in [-0.25, -0.2) is 4.79 Å². The lowest BCUT2D eigenvalue weighted by Crippen LogP contribution is -2.49. The van der Waals surface area contributed by atoms with Gasteiger partial charge in [-0.2, -0.15) is 0 Å². The predicted molar refractivity (Wildman–Crippen MR) is 99.4 cm³/mol. The summed E-state index contributed by atoms with van der Waals surface area (Å²) in [5, 5.41) is 3.16. The summed E-state index contributed by atoms with van der Waals surface area (Å²) >= 11 is 0. The van der Waals surface area contributed by atoms with E-state index in [1.165, 1.54) is 18.4 Å². The van der Waals surface area contributed by atoms with E-state index in [9.17, 15) is 4.79 Å². The Hall–Kier alpha value is -1.59. The van der Waals surface area contributed by atoms with E-state index in [0.29, 0.717) is 12.5 Å². The molecule has 0 saturated carbocycles. The van der Waals surface area contributed by atoms with Crippen LogP contribution in [0.1, 0.15) is 31.2 Å². The maximum absolute atomic E-state index is 12.4. The lowest BCUT2D eigenvalue weighted by molar-refractivity contribution is 0.0431. The SMILES string of the molecule is CO[C@H]1CCCN(C(=O)NC[C@@H]2CCCN(Cc3ccccc3)C2)C1. The molecule has 0 bridgehead atoms. The van der Waals surface area contributed by atoms with E-state index in [0.717, 1.165) is 45.6 Å². The van der Waals surface area contributed by atoms with Crippen LogP contribution in [0.4, 0.5) is 4.79 Å². The molecule has 5 nitrogen and oxygen atoms in total. The van der Waals surface area contributed by atoms with E-state index in [-0.39, 0.29) is 12.1 Å². The third-order valence-corrected chi connectivity index (χ3v) is 5.39. The number of carbonyl (C=O) groups is 1. The average Bonchev–Trinajstić information content (AvgIpc) is 2.67. The van der Waals surface area contributed by atoms with Crippen molar-refractivity contribution in [2.45, 2.75) is 38.3 Å². The zero-order valence-corrected chi connectivity index (χ0v) is 15.3. The zero-order chi connectivity index (χ0) is 17.5. The van der Waals surface area contributed by atoms with Crippen LogP contribution in [0.5, 0.6) is 0 Å². The largest absolute Gasteiger partial charge is 0.380 e. The number of urea groups is 1. The first-order valence-corrected chi connectivity index (χ1v) is 9.56. The average molecular weight is 345 g/mol. The molecule has 1 aromatic carbocycles. The number of nitrogens with zero attached hydrogens (tertiary/aromatic N) is 2. The van der Waals surface area contributed by atoms with Gasteiger partial charge in [-0.15, -0.1) is 0 Å². The fraction of sp³-hybridized carbons (Fsp3) is 0.650. The van der Waals surface area contributed by atoms with Crippen LogP contribution >= 0.6 is 0 Å². The highest BCUT2D eigenvalue weighted by Gasteiger charge is 2.25. The second-order valence-corrected chi connectivity index (χ2v) is 7.36. The van der Waals surface area contributed by atoms with Crippen molar-refractivity contribution in [3.05, 3.63) is 35.9 Å². The van der Waals surface area contributed by atoms with E-state index in [2.05, 4.69) is 40.5 Å². The van der Waals surface area contributed by atoms with Crippen molar-refractivity contribution >= 4 is 6.03 Å². The summed E-state index contributed by atoms with van der Waals surface area (Å²) in [7, 11) is 1.73. The van der Waals surface area contributed by atoms with Crippen LogP contribution in [0, 0.1) is 5.92 Å². The number of likely N-dealkylation sites (tertiary alicyclic amines) is 2. The minimum Gasteiger partial charge on any atom is -0.380 e. The molecule has 0 unspecified atom stereocenters. The van der Waals surface area contributed by atoms with Crippen molar-refractivity contribution < 1.29 is 9.53 Å². The van der Waals surface area contributed by atoms with Gasteiger partial charge in [0.1, 0.15) is 0 Å². The Labute approximate surface area is 151 Å². The van der Waals surface area contributed by atoms with Crippen LogP contribution in [-0.2, 0) is 11.3 Å². The van der Waals surface area contributed by atoms with Crippen LogP contribution < -0.4 is 5.32 Å². The first kappa shape index (κ1) is 18.2. The number of piperidine rings is 2. The molecule has 1 aromatic rings. The Bertz CT molecular complexity index is 537. The second-order valence-electron chi connectivity index (χ2n) is 7.36. The number of ether oxygens (including phenoxy) is 1. The van der Waals surface area contributed by atoms with Crippen LogP contribution in [0.3, 0.4) is 0 Å². The second kappa shape index (κ2) is 9.20. The third-order valence-electron chi connectivity index (χ3n) is 5.39. The van der Waals surface area contributed by atoms with Gasteiger partial charge < -0.3 is 15.0 Å². The highest BCUT2D eigenvalue weighted by Crippen LogP contribution is 2.18. The van der Waals surface area contributed by atoms with Gasteiger partial charge in [0.2, 0.25) is 0 Å². The Kier molecular flexibility index (Phi) is 6.70. The van der Waals surface area contributed by atoms with Crippen molar-refractivity contribution in [1.29, 1.82) is 0 Å². The molecular weight excluding hydrogens is 314 g/mol. The number of rotatable bonds is 5. The first-order valence-electron chi connectivity index (χ1n) is 9.56. The topological polar surface area (TPSA) is 44.8 Å². The Morgan fingerprint density at radius 2 is 1.96 bits per heavy atom. The molecule has 1 N–H and O–H groups in total. The zero-order valence-electron chi connectivity index (χ0n) is 15.3. The highest BCUT2D eigenvalue weighted by molar-refractivity contribution is 5.74. The molecule has 2 aliphatic rings. The normalized spacial score (nSPS) is 24.9. The molecule has 2 amide bonds. The highest BCUT2D eigenvalue weighted by atomic mass is 16.5. The third kappa shape index (κ3) is 5.44. The molecule has 0 aromatic heterocycles. The van der Waals surface area contributed by atoms with Gasteiger partial charge >= 0.3 is 6.03 Å². The minimum atomic E-state index is 0.0712. The quantitative estimate of drug-likeness (QED) is 0.892. The van der Waals surface area contributed by atoms with Crippen LogP contribution in [0.15, 0.2) is 30.3 Å². The van der Waals surface area contributed by atoms with Crippen molar-refractivity contribution in [3.63, 3.8) is 0 Å². The predicted octanol–water partition coefficient (Wildman–Crippen LogP) is 2.72. The summed E-state index contributed by atoms with van der Waals surface area (Å²) in [5.41, 5.74) is 1.37. The van der Waals surface area contributed by atoms with E-state index >= 15 is 0 Å². The molecule has 138 valence electrons. The molecular formula is C20H31N3O2. The van der Waals surface area contributed by atoms with Gasteiger partial charge in [-0.1, -0.05) is 30.3 Å². The van der Waals surface area contributed by atoms with E-state index < -0.39 is 0 Å². The Morgan fingerprint density at radius 1 is 1.16 bits per heavy atom. The minimum absolute atomic E-state index is 0.0712. The number of hydrogen-bond donors (Lipinski definition) is 1. The molecule has 3 rings (SSSR count). The standard InChI is InChI=1S/C20H31N3O2/c1-25-19-10-6-12-23(16-19)20(24)21-13-18-9-5-11-22(15-18)14-17-7-3-2-4-8-17/h2-4,7-8,18-19H,5-6,9-16H2,1H3,(H,21,24)/t18-,19-/m0/s1. The molecule has 2 saturated heterocycles. The molecule has 0 radical (unpaired) electrons. The number of amides is 2. The number of hydrogen-bond acceptors (Lipinski definition) is 3. The van der Waals surface area contributed by atoms with E-state index in [1.807, 2.05) is 4.90 Å². The van der Waals surface area contributed by atoms with E-state index in [4.69, 9.17) is 4.74 Å². The van der Waals surface area contributed by atoms with Gasteiger partial charge in [0.15, 0.2) is 0 Å². The van der Waals surface area contributed by atoms with Crippen molar-refractivity contribution in [3.8, 4) is 0 Å². The summed E-state index contributed by atoms with van der Waals surface area (Å²) in [6, 6.07) is 10.7. The Balaban J connectivity index is 1.42. The van der Waals surface area contributed by atoms with E-state index in [1.54, 1.807) is 7.11 Å². The van der Waals surface area contributed by atoms with Crippen LogP contribution in [0.25, 0.3) is 0 Å². The van der Waals surface area contributed by atoms with Crippen molar-refractivity contribution in [2.75, 3.05) is 39.8 Å². The lowest BCUT2D eigenvalue weighted by Gasteiger charge is -2.35. The van der Waals surface area contributed by atoms with Crippen LogP contribution in [-0.4, -0.2) is 61.8 Å². The lowest BCUT2D eigenvalue weighted by atomic mass is 9.97. The van der Waals surface area contributed by atoms with Gasteiger partial charge in [-0.05, 0) is 43.7 Å². The smallest absolute Gasteiger partial charge is 0.317 e. The summed E-state index contributed by atoms with van der Waals surface area (Å²) in [6.45, 7) is 5.56. The van der Waals surface area contributed by atoms with Crippen molar-refractivity contribution in [2.24, 2.45) is 5.92 Å². The Morgan fingerprint density at radius 3 is 2.76 bits per heavy atom. The first-order chi connectivity index (χ1) is 12.2. The molecule has 5 heteroatoms. The molecule has 2 heterocycles. The molecule has 0 spiro atoms. The fourth-order valence-corrected chi connectivity index (χ4v) is 3.96. The van der Waals surface area contributed by atoms with Crippen LogP contribution in [0.2, 0.25) is 0 Å². The molecule has 2 aliphatic heterocycles. The summed E-state index contributed by atoms with van der Waals surface area (Å²) in [5.74, 6) is 0.546.